The molecule has 1 unspecified atom stereocenters. The highest BCUT2D eigenvalue weighted by Crippen LogP contribution is 2.32. The van der Waals surface area contributed by atoms with Gasteiger partial charge in [-0.05, 0) is 53.9 Å². The second-order valence-electron chi connectivity index (χ2n) is 10.2. The molecule has 2 amide bonds. The van der Waals surface area contributed by atoms with Crippen molar-refractivity contribution >= 4 is 66.0 Å². The average molecular weight is 642 g/mol. The van der Waals surface area contributed by atoms with Crippen LogP contribution in [0.3, 0.4) is 0 Å². The molecule has 1 fully saturated rings. The Bertz CT molecular complexity index is 1680. The number of Topliss-reactive ketones (excluding diaryl/α,β-unsaturated/α-hetero) is 1. The summed E-state index contributed by atoms with van der Waals surface area (Å²) >= 11 is 3.30. The molecule has 2 heterocycles. The van der Waals surface area contributed by atoms with Crippen LogP contribution < -0.4 is 15.4 Å². The molecule has 3 aromatic carbocycles. The van der Waals surface area contributed by atoms with Crippen LogP contribution in [-0.4, -0.2) is 80.5 Å². The molecule has 0 radical (unpaired) electrons. The van der Waals surface area contributed by atoms with Gasteiger partial charge >= 0.3 is 0 Å². The van der Waals surface area contributed by atoms with E-state index in [0.29, 0.717) is 41.5 Å². The summed E-state index contributed by atoms with van der Waals surface area (Å²) in [7, 11) is -2.67. The number of likely N-dealkylation sites (tertiary alicyclic amines) is 1. The molecule has 41 heavy (non-hydrogen) atoms. The number of nitrogens with zero attached hydrogens (tertiary/aromatic N) is 3. The molecule has 0 spiro atoms. The van der Waals surface area contributed by atoms with E-state index >= 15 is 0 Å². The summed E-state index contributed by atoms with van der Waals surface area (Å²) in [4.78, 5) is 43.9. The summed E-state index contributed by atoms with van der Waals surface area (Å²) in [6, 6.07) is 15.0. The van der Waals surface area contributed by atoms with Crippen LogP contribution >= 0.6 is 15.9 Å². The number of carbonyl (C=O) groups excluding carboxylic acids is 3. The Labute approximate surface area is 246 Å². The number of fused-ring (bicyclic) bond motifs is 2. The molecule has 2 aliphatic rings. The second-order valence-corrected chi connectivity index (χ2v) is 12.8. The van der Waals surface area contributed by atoms with Crippen molar-refractivity contribution in [2.75, 3.05) is 31.6 Å². The first kappa shape index (κ1) is 28.7. The van der Waals surface area contributed by atoms with Crippen LogP contribution in [0.25, 0.3) is 10.8 Å². The standard InChI is InChI=1S/C28H29BrN6O5S/c1-33(20-7-4-12-34(15-20)28(30)31)26(37)23(16-35-24-11-9-19(29)14-22(24)25(36)27(35)38)32-41(39,40)21-10-8-17-5-2-3-6-18(17)13-21/h2-3,5-6,8-11,13-14,20,23,32H,4,7,12,15-16H2,1H3,(H3,30,31)/t20-,23?/m0/s1. The number of nitrogens with one attached hydrogen (secondary N) is 2. The van der Waals surface area contributed by atoms with Crippen molar-refractivity contribution in [3.63, 3.8) is 0 Å². The molecule has 1 saturated heterocycles. The normalized spacial score (nSPS) is 18.0. The van der Waals surface area contributed by atoms with Gasteiger partial charge in [0.1, 0.15) is 6.04 Å². The van der Waals surface area contributed by atoms with Gasteiger partial charge in [0, 0.05) is 30.7 Å². The largest absolute Gasteiger partial charge is 0.370 e. The lowest BCUT2D eigenvalue weighted by Gasteiger charge is -2.39. The van der Waals surface area contributed by atoms with Crippen molar-refractivity contribution in [2.24, 2.45) is 5.73 Å². The molecule has 2 aliphatic heterocycles. The number of sulfonamides is 1. The average Bonchev–Trinajstić information content (AvgIpc) is 3.19. The van der Waals surface area contributed by atoms with Gasteiger partial charge < -0.3 is 20.4 Å². The minimum absolute atomic E-state index is 0.0368. The first-order valence-corrected chi connectivity index (χ1v) is 15.3. The highest BCUT2D eigenvalue weighted by atomic mass is 79.9. The summed E-state index contributed by atoms with van der Waals surface area (Å²) in [5, 5.41) is 9.35. The second kappa shape index (κ2) is 11.2. The summed E-state index contributed by atoms with van der Waals surface area (Å²) in [5.41, 5.74) is 6.15. The number of nitrogens with two attached hydrogens (primary N) is 1. The van der Waals surface area contributed by atoms with Crippen LogP contribution in [0.4, 0.5) is 5.69 Å². The molecule has 5 rings (SSSR count). The predicted octanol–water partition coefficient (Wildman–Crippen LogP) is 2.29. The molecule has 0 aromatic heterocycles. The first-order chi connectivity index (χ1) is 19.5. The van der Waals surface area contributed by atoms with Crippen LogP contribution in [-0.2, 0) is 19.6 Å². The smallest absolute Gasteiger partial charge is 0.299 e. The van der Waals surface area contributed by atoms with Crippen molar-refractivity contribution in [1.29, 1.82) is 5.41 Å². The molecule has 13 heteroatoms. The number of piperidine rings is 1. The summed E-state index contributed by atoms with van der Waals surface area (Å²) in [6.07, 6.45) is 1.32. The van der Waals surface area contributed by atoms with Crippen LogP contribution in [0.15, 0.2) is 70.0 Å². The molecular weight excluding hydrogens is 612 g/mol. The zero-order chi connectivity index (χ0) is 29.5. The van der Waals surface area contributed by atoms with Gasteiger partial charge in [0.15, 0.2) is 5.96 Å². The number of rotatable bonds is 7. The van der Waals surface area contributed by atoms with Crippen LogP contribution in [0.2, 0.25) is 0 Å². The third kappa shape index (κ3) is 5.69. The Hall–Kier alpha value is -3.81. The van der Waals surface area contributed by atoms with Crippen molar-refractivity contribution in [3.05, 3.63) is 70.7 Å². The van der Waals surface area contributed by atoms with E-state index in [9.17, 15) is 22.8 Å². The number of ketones is 1. The Morgan fingerprint density at radius 3 is 2.61 bits per heavy atom. The predicted molar refractivity (Wildman–Crippen MR) is 158 cm³/mol. The van der Waals surface area contributed by atoms with Crippen LogP contribution in [0.1, 0.15) is 23.2 Å². The van der Waals surface area contributed by atoms with Gasteiger partial charge in [0.05, 0.1) is 22.7 Å². The number of hydrogen-bond acceptors (Lipinski definition) is 6. The zero-order valence-electron chi connectivity index (χ0n) is 22.2. The number of hydrogen-bond donors (Lipinski definition) is 3. The van der Waals surface area contributed by atoms with Gasteiger partial charge in [-0.1, -0.05) is 46.3 Å². The highest BCUT2D eigenvalue weighted by Gasteiger charge is 2.41. The molecule has 2 atom stereocenters. The summed E-state index contributed by atoms with van der Waals surface area (Å²) < 4.78 is 30.4. The topological polar surface area (TPSA) is 157 Å². The third-order valence-electron chi connectivity index (χ3n) is 7.56. The maximum atomic E-state index is 13.9. The minimum atomic E-state index is -4.23. The van der Waals surface area contributed by atoms with E-state index in [2.05, 4.69) is 20.7 Å². The Morgan fingerprint density at radius 2 is 1.88 bits per heavy atom. The molecule has 3 aromatic rings. The minimum Gasteiger partial charge on any atom is -0.370 e. The number of anilines is 1. The fourth-order valence-electron chi connectivity index (χ4n) is 5.31. The molecule has 4 N–H and O–H groups in total. The van der Waals surface area contributed by atoms with E-state index in [1.807, 2.05) is 12.1 Å². The quantitative estimate of drug-likeness (QED) is 0.203. The van der Waals surface area contributed by atoms with Gasteiger partial charge in [-0.2, -0.15) is 4.72 Å². The van der Waals surface area contributed by atoms with Gasteiger partial charge in [-0.15, -0.1) is 0 Å². The molecular formula is C28H29BrN6O5S. The monoisotopic (exact) mass is 640 g/mol. The lowest BCUT2D eigenvalue weighted by molar-refractivity contribution is -0.134. The lowest BCUT2D eigenvalue weighted by atomic mass is 10.0. The van der Waals surface area contributed by atoms with Gasteiger partial charge in [0.2, 0.25) is 15.9 Å². The van der Waals surface area contributed by atoms with Crippen molar-refractivity contribution in [1.82, 2.24) is 14.5 Å². The van der Waals surface area contributed by atoms with E-state index in [1.54, 1.807) is 42.3 Å². The zero-order valence-corrected chi connectivity index (χ0v) is 24.6. The highest BCUT2D eigenvalue weighted by molar-refractivity contribution is 9.10. The van der Waals surface area contributed by atoms with Gasteiger partial charge in [-0.3, -0.25) is 19.8 Å². The number of amides is 2. The third-order valence-corrected chi connectivity index (χ3v) is 9.52. The number of carbonyl (C=O) groups is 3. The molecule has 0 aliphatic carbocycles. The lowest BCUT2D eigenvalue weighted by Crippen LogP contribution is -2.58. The number of benzene rings is 3. The summed E-state index contributed by atoms with van der Waals surface area (Å²) in [5.74, 6) is -2.25. The Balaban J connectivity index is 1.48. The maximum absolute atomic E-state index is 13.9. The van der Waals surface area contributed by atoms with E-state index < -0.39 is 40.2 Å². The van der Waals surface area contributed by atoms with Crippen molar-refractivity contribution < 1.29 is 22.8 Å². The first-order valence-electron chi connectivity index (χ1n) is 13.0. The van der Waals surface area contributed by atoms with Crippen LogP contribution in [0, 0.1) is 5.41 Å². The van der Waals surface area contributed by atoms with E-state index in [0.717, 1.165) is 10.3 Å². The fraction of sp³-hybridized carbons (Fsp3) is 0.286. The number of halogens is 1. The van der Waals surface area contributed by atoms with E-state index in [1.165, 1.54) is 23.1 Å². The maximum Gasteiger partial charge on any atom is 0.299 e. The molecule has 0 bridgehead atoms. The number of likely N-dealkylation sites (N-methyl/N-ethyl adjacent to an activating group) is 1. The molecule has 11 nitrogen and oxygen atoms in total. The van der Waals surface area contributed by atoms with Gasteiger partial charge in [-0.25, -0.2) is 8.42 Å². The Kier molecular flexibility index (Phi) is 7.86. The van der Waals surface area contributed by atoms with E-state index in [4.69, 9.17) is 11.1 Å². The van der Waals surface area contributed by atoms with Gasteiger partial charge in [0.25, 0.3) is 11.7 Å². The number of guanidine groups is 1. The van der Waals surface area contributed by atoms with Crippen molar-refractivity contribution in [3.8, 4) is 0 Å². The van der Waals surface area contributed by atoms with Crippen molar-refractivity contribution in [2.45, 2.75) is 29.8 Å². The summed E-state index contributed by atoms with van der Waals surface area (Å²) in [6.45, 7) is 0.515. The Morgan fingerprint density at radius 1 is 1.15 bits per heavy atom. The van der Waals surface area contributed by atoms with Crippen LogP contribution in [0.5, 0.6) is 0 Å². The molecule has 0 saturated carbocycles. The van der Waals surface area contributed by atoms with E-state index in [-0.39, 0.29) is 22.5 Å². The fourth-order valence-corrected chi connectivity index (χ4v) is 6.88. The molecule has 214 valence electrons. The SMILES string of the molecule is CN(C(=O)C(CN1C(=O)C(=O)c2cc(Br)ccc21)NS(=O)(=O)c1ccc2ccccc2c1)[C@H]1CCCN(C(=N)N)C1.